The van der Waals surface area contributed by atoms with Gasteiger partial charge in [0.15, 0.2) is 0 Å². The second kappa shape index (κ2) is 3.27. The summed E-state index contributed by atoms with van der Waals surface area (Å²) in [5.41, 5.74) is 0.173. The first kappa shape index (κ1) is 8.97. The molecule has 0 aromatic carbocycles. The zero-order chi connectivity index (χ0) is 9.31. The summed E-state index contributed by atoms with van der Waals surface area (Å²) in [6.07, 6.45) is 2.06. The van der Waals surface area contributed by atoms with E-state index in [1.807, 2.05) is 7.05 Å². The van der Waals surface area contributed by atoms with E-state index in [0.29, 0.717) is 6.54 Å². The van der Waals surface area contributed by atoms with Gasteiger partial charge in [-0.15, -0.1) is 0 Å². The second-order valence-corrected chi connectivity index (χ2v) is 3.97. The van der Waals surface area contributed by atoms with E-state index in [0.717, 1.165) is 32.6 Å². The molecule has 0 aromatic heterocycles. The second-order valence-electron chi connectivity index (χ2n) is 3.97. The van der Waals surface area contributed by atoms with Crippen LogP contribution in [-0.2, 0) is 9.53 Å². The van der Waals surface area contributed by atoms with E-state index < -0.39 is 0 Å². The van der Waals surface area contributed by atoms with Crippen LogP contribution in [0.3, 0.4) is 0 Å². The van der Waals surface area contributed by atoms with Crippen molar-refractivity contribution in [2.45, 2.75) is 18.4 Å². The first-order valence-electron chi connectivity index (χ1n) is 4.79. The molecule has 2 aliphatic heterocycles. The average Bonchev–Trinajstić information content (AvgIpc) is 2.14. The molecule has 2 aliphatic rings. The van der Waals surface area contributed by atoms with E-state index in [1.165, 1.54) is 0 Å². The SMILES string of the molecule is CN1CC(=O)NCC12CCOCC2. The van der Waals surface area contributed by atoms with E-state index in [9.17, 15) is 4.79 Å². The van der Waals surface area contributed by atoms with Crippen molar-refractivity contribution in [2.24, 2.45) is 0 Å². The number of amides is 1. The molecule has 0 radical (unpaired) electrons. The number of nitrogens with one attached hydrogen (secondary N) is 1. The highest BCUT2D eigenvalue weighted by molar-refractivity contribution is 5.79. The third-order valence-corrected chi connectivity index (χ3v) is 3.23. The van der Waals surface area contributed by atoms with Gasteiger partial charge in [0.05, 0.1) is 6.54 Å². The van der Waals surface area contributed by atoms with Crippen LogP contribution in [0.1, 0.15) is 12.8 Å². The van der Waals surface area contributed by atoms with Crippen molar-refractivity contribution in [1.29, 1.82) is 0 Å². The monoisotopic (exact) mass is 184 g/mol. The van der Waals surface area contributed by atoms with Gasteiger partial charge in [0.25, 0.3) is 0 Å². The highest BCUT2D eigenvalue weighted by atomic mass is 16.5. The summed E-state index contributed by atoms with van der Waals surface area (Å²) in [5.74, 6) is 0.139. The lowest BCUT2D eigenvalue weighted by Crippen LogP contribution is -2.63. The van der Waals surface area contributed by atoms with Gasteiger partial charge in [-0.25, -0.2) is 0 Å². The number of hydrogen-bond donors (Lipinski definition) is 1. The first-order chi connectivity index (χ1) is 6.23. The van der Waals surface area contributed by atoms with Gasteiger partial charge in [0.1, 0.15) is 0 Å². The van der Waals surface area contributed by atoms with Gasteiger partial charge in [-0.2, -0.15) is 0 Å². The zero-order valence-corrected chi connectivity index (χ0v) is 8.01. The first-order valence-corrected chi connectivity index (χ1v) is 4.79. The summed E-state index contributed by atoms with van der Waals surface area (Å²) in [6, 6.07) is 0. The number of ether oxygens (including phenoxy) is 1. The van der Waals surface area contributed by atoms with Gasteiger partial charge in [0, 0.05) is 25.3 Å². The Hall–Kier alpha value is -0.610. The Kier molecular flexibility index (Phi) is 2.26. The summed E-state index contributed by atoms with van der Waals surface area (Å²) in [5, 5.41) is 2.94. The zero-order valence-electron chi connectivity index (χ0n) is 8.01. The molecule has 0 bridgehead atoms. The summed E-state index contributed by atoms with van der Waals surface area (Å²) in [7, 11) is 2.03. The van der Waals surface area contributed by atoms with Crippen LogP contribution in [0, 0.1) is 0 Å². The van der Waals surface area contributed by atoms with E-state index in [4.69, 9.17) is 4.74 Å². The maximum Gasteiger partial charge on any atom is 0.234 e. The molecule has 2 fully saturated rings. The minimum atomic E-state index is 0.139. The largest absolute Gasteiger partial charge is 0.381 e. The van der Waals surface area contributed by atoms with Crippen molar-refractivity contribution < 1.29 is 9.53 Å². The van der Waals surface area contributed by atoms with Crippen molar-refractivity contribution in [3.05, 3.63) is 0 Å². The topological polar surface area (TPSA) is 41.6 Å². The number of carbonyl (C=O) groups is 1. The van der Waals surface area contributed by atoms with E-state index in [1.54, 1.807) is 0 Å². The van der Waals surface area contributed by atoms with Crippen LogP contribution >= 0.6 is 0 Å². The molecule has 2 rings (SSSR count). The molecule has 1 spiro atoms. The number of piperazine rings is 1. The Morgan fingerprint density at radius 3 is 2.77 bits per heavy atom. The molecule has 4 nitrogen and oxygen atoms in total. The fourth-order valence-corrected chi connectivity index (χ4v) is 2.15. The van der Waals surface area contributed by atoms with Crippen LogP contribution in [0.4, 0.5) is 0 Å². The number of carbonyl (C=O) groups excluding carboxylic acids is 1. The Bertz CT molecular complexity index is 212. The maximum absolute atomic E-state index is 11.1. The average molecular weight is 184 g/mol. The quantitative estimate of drug-likeness (QED) is 0.557. The number of rotatable bonds is 0. The minimum absolute atomic E-state index is 0.139. The van der Waals surface area contributed by atoms with Crippen LogP contribution in [0.15, 0.2) is 0 Å². The normalized spacial score (nSPS) is 28.8. The summed E-state index contributed by atoms with van der Waals surface area (Å²) >= 11 is 0. The Labute approximate surface area is 78.2 Å². The lowest BCUT2D eigenvalue weighted by atomic mass is 9.87. The molecule has 0 aliphatic carbocycles. The maximum atomic E-state index is 11.1. The third kappa shape index (κ3) is 1.56. The van der Waals surface area contributed by atoms with E-state index >= 15 is 0 Å². The third-order valence-electron chi connectivity index (χ3n) is 3.23. The minimum Gasteiger partial charge on any atom is -0.381 e. The molecular formula is C9H16N2O2. The van der Waals surface area contributed by atoms with E-state index in [2.05, 4.69) is 10.2 Å². The Balaban J connectivity index is 2.07. The van der Waals surface area contributed by atoms with Crippen LogP contribution < -0.4 is 5.32 Å². The highest BCUT2D eigenvalue weighted by Crippen LogP contribution is 2.27. The predicted molar refractivity (Wildman–Crippen MR) is 48.4 cm³/mol. The summed E-state index contributed by atoms with van der Waals surface area (Å²) in [4.78, 5) is 13.3. The molecule has 1 amide bonds. The summed E-state index contributed by atoms with van der Waals surface area (Å²) in [6.45, 7) is 2.95. The number of nitrogens with zero attached hydrogens (tertiary/aromatic N) is 1. The van der Waals surface area contributed by atoms with Crippen molar-refractivity contribution in [2.75, 3.05) is 33.4 Å². The smallest absolute Gasteiger partial charge is 0.234 e. The lowest BCUT2D eigenvalue weighted by molar-refractivity contribution is -0.130. The van der Waals surface area contributed by atoms with Gasteiger partial charge in [0.2, 0.25) is 5.91 Å². The lowest BCUT2D eigenvalue weighted by Gasteiger charge is -2.47. The van der Waals surface area contributed by atoms with Gasteiger partial charge >= 0.3 is 0 Å². The molecular weight excluding hydrogens is 168 g/mol. The van der Waals surface area contributed by atoms with Gasteiger partial charge in [-0.05, 0) is 19.9 Å². The van der Waals surface area contributed by atoms with Crippen molar-refractivity contribution >= 4 is 5.91 Å². The van der Waals surface area contributed by atoms with Crippen LogP contribution in [0.25, 0.3) is 0 Å². The van der Waals surface area contributed by atoms with Crippen molar-refractivity contribution in [3.63, 3.8) is 0 Å². The molecule has 4 heteroatoms. The number of likely N-dealkylation sites (N-methyl/N-ethyl adjacent to an activating group) is 1. The molecule has 0 unspecified atom stereocenters. The predicted octanol–water partition coefficient (Wildman–Crippen LogP) is -0.403. The van der Waals surface area contributed by atoms with Gasteiger partial charge < -0.3 is 10.1 Å². The Morgan fingerprint density at radius 2 is 2.15 bits per heavy atom. The molecule has 2 saturated heterocycles. The van der Waals surface area contributed by atoms with E-state index in [-0.39, 0.29) is 11.4 Å². The van der Waals surface area contributed by atoms with Gasteiger partial charge in [-0.1, -0.05) is 0 Å². The standard InChI is InChI=1S/C9H16N2O2/c1-11-6-8(12)10-7-9(11)2-4-13-5-3-9/h2-7H2,1H3,(H,10,12). The van der Waals surface area contributed by atoms with Crippen LogP contribution in [-0.4, -0.2) is 49.7 Å². The molecule has 0 aromatic rings. The van der Waals surface area contributed by atoms with Crippen molar-refractivity contribution in [1.82, 2.24) is 10.2 Å². The van der Waals surface area contributed by atoms with Gasteiger partial charge in [-0.3, -0.25) is 9.69 Å². The molecule has 74 valence electrons. The molecule has 0 saturated carbocycles. The number of hydrogen-bond acceptors (Lipinski definition) is 3. The molecule has 1 N–H and O–H groups in total. The van der Waals surface area contributed by atoms with Crippen molar-refractivity contribution in [3.8, 4) is 0 Å². The highest BCUT2D eigenvalue weighted by Gasteiger charge is 2.40. The fraction of sp³-hybridized carbons (Fsp3) is 0.889. The fourth-order valence-electron chi connectivity index (χ4n) is 2.15. The molecule has 0 atom stereocenters. The molecule has 13 heavy (non-hydrogen) atoms. The van der Waals surface area contributed by atoms with Crippen LogP contribution in [0.5, 0.6) is 0 Å². The molecule has 2 heterocycles. The van der Waals surface area contributed by atoms with Crippen LogP contribution in [0.2, 0.25) is 0 Å². The Morgan fingerprint density at radius 1 is 1.46 bits per heavy atom. The summed E-state index contributed by atoms with van der Waals surface area (Å²) < 4.78 is 5.33.